The van der Waals surface area contributed by atoms with Gasteiger partial charge in [0.15, 0.2) is 0 Å². The van der Waals surface area contributed by atoms with Gasteiger partial charge in [-0.3, -0.25) is 0 Å². The molecule has 1 atom stereocenters. The molecule has 0 amide bonds. The van der Waals surface area contributed by atoms with Gasteiger partial charge in [-0.15, -0.1) is 0 Å². The van der Waals surface area contributed by atoms with Gasteiger partial charge in [-0.05, 0) is 36.5 Å². The average Bonchev–Trinajstić information content (AvgIpc) is 2.31. The van der Waals surface area contributed by atoms with E-state index in [0.29, 0.717) is 0 Å². The Morgan fingerprint density at radius 3 is 2.72 bits per heavy atom. The number of rotatable bonds is 1. The predicted octanol–water partition coefficient (Wildman–Crippen LogP) is 4.13. The van der Waals surface area contributed by atoms with E-state index in [2.05, 4.69) is 65.9 Å². The second-order valence-corrected chi connectivity index (χ2v) is 6.67. The van der Waals surface area contributed by atoms with Crippen LogP contribution < -0.4 is 4.90 Å². The van der Waals surface area contributed by atoms with Crippen LogP contribution in [0.3, 0.4) is 0 Å². The summed E-state index contributed by atoms with van der Waals surface area (Å²) in [6.07, 6.45) is 0.953. The first kappa shape index (κ1) is 13.4. The molecule has 96 valence electrons. The van der Waals surface area contributed by atoms with Crippen molar-refractivity contribution in [3.63, 3.8) is 0 Å². The third-order valence-corrected chi connectivity index (χ3v) is 4.76. The molecule has 1 fully saturated rings. The largest absolute Gasteiger partial charge is 0.371 e. The molecule has 1 saturated heterocycles. The van der Waals surface area contributed by atoms with E-state index in [1.165, 1.54) is 11.3 Å². The van der Waals surface area contributed by atoms with Crippen molar-refractivity contribution in [2.24, 2.45) is 11.3 Å². The lowest BCUT2D eigenvalue weighted by molar-refractivity contribution is 0.226. The molecule has 0 radical (unpaired) electrons. The summed E-state index contributed by atoms with van der Waals surface area (Å²) in [6, 6.07) is 8.94. The number of halogens is 1. The number of hydrogen-bond donors (Lipinski definition) is 0. The molecule has 1 unspecified atom stereocenters. The highest BCUT2D eigenvalue weighted by molar-refractivity contribution is 9.10. The maximum absolute atomic E-state index is 9.19. The van der Waals surface area contributed by atoms with Crippen LogP contribution in [0.1, 0.15) is 25.8 Å². The maximum Gasteiger partial charge on any atom is 0.0662 e. The van der Waals surface area contributed by atoms with Crippen LogP contribution >= 0.6 is 15.9 Å². The van der Waals surface area contributed by atoms with Crippen LogP contribution in [0.4, 0.5) is 5.69 Å². The normalized spacial score (nSPS) is 22.6. The van der Waals surface area contributed by atoms with Gasteiger partial charge in [-0.1, -0.05) is 35.8 Å². The summed E-state index contributed by atoms with van der Waals surface area (Å²) in [5, 5.41) is 9.19. The molecule has 3 heteroatoms. The Balaban J connectivity index is 2.21. The van der Waals surface area contributed by atoms with Gasteiger partial charge < -0.3 is 4.90 Å². The van der Waals surface area contributed by atoms with Crippen molar-refractivity contribution in [2.75, 3.05) is 18.0 Å². The lowest BCUT2D eigenvalue weighted by Gasteiger charge is -2.42. The van der Waals surface area contributed by atoms with E-state index in [4.69, 9.17) is 0 Å². The average molecular weight is 307 g/mol. The Hall–Kier alpha value is -1.01. The zero-order chi connectivity index (χ0) is 13.3. The highest BCUT2D eigenvalue weighted by atomic mass is 79.9. The first-order chi connectivity index (χ1) is 8.44. The van der Waals surface area contributed by atoms with E-state index >= 15 is 0 Å². The highest BCUT2D eigenvalue weighted by Gasteiger charge is 2.36. The van der Waals surface area contributed by atoms with E-state index in [-0.39, 0.29) is 11.3 Å². The molecule has 0 aliphatic carbocycles. The van der Waals surface area contributed by atoms with Gasteiger partial charge >= 0.3 is 0 Å². The number of hydrogen-bond acceptors (Lipinski definition) is 2. The van der Waals surface area contributed by atoms with Crippen molar-refractivity contribution >= 4 is 21.6 Å². The molecule has 1 aliphatic rings. The van der Waals surface area contributed by atoms with Crippen molar-refractivity contribution < 1.29 is 0 Å². The van der Waals surface area contributed by atoms with Crippen molar-refractivity contribution in [1.82, 2.24) is 0 Å². The lowest BCUT2D eigenvalue weighted by atomic mass is 9.74. The van der Waals surface area contributed by atoms with E-state index in [1.807, 2.05) is 0 Å². The van der Waals surface area contributed by atoms with Gasteiger partial charge in [0.2, 0.25) is 0 Å². The third kappa shape index (κ3) is 2.54. The number of piperidine rings is 1. The van der Waals surface area contributed by atoms with Gasteiger partial charge in [0.05, 0.1) is 12.0 Å². The van der Waals surface area contributed by atoms with Crippen LogP contribution in [-0.4, -0.2) is 13.1 Å². The minimum absolute atomic E-state index is 0.0599. The van der Waals surface area contributed by atoms with Crippen LogP contribution in [0, 0.1) is 29.6 Å². The monoisotopic (exact) mass is 306 g/mol. The van der Waals surface area contributed by atoms with E-state index in [1.54, 1.807) is 0 Å². The molecule has 0 N–H and O–H groups in total. The summed E-state index contributed by atoms with van der Waals surface area (Å²) in [4.78, 5) is 2.39. The Kier molecular flexibility index (Phi) is 3.68. The number of nitrogens with zero attached hydrogens (tertiary/aromatic N) is 2. The van der Waals surface area contributed by atoms with Crippen molar-refractivity contribution in [3.05, 3.63) is 28.2 Å². The molecule has 1 heterocycles. The number of benzene rings is 1. The maximum atomic E-state index is 9.19. The lowest BCUT2D eigenvalue weighted by Crippen LogP contribution is -2.45. The highest BCUT2D eigenvalue weighted by Crippen LogP contribution is 2.37. The van der Waals surface area contributed by atoms with Crippen molar-refractivity contribution in [2.45, 2.75) is 27.2 Å². The Labute approximate surface area is 118 Å². The molecule has 1 aromatic carbocycles. The Bertz CT molecular complexity index is 488. The summed E-state index contributed by atoms with van der Waals surface area (Å²) in [5.41, 5.74) is 2.56. The first-order valence-corrected chi connectivity index (χ1v) is 7.14. The van der Waals surface area contributed by atoms with Crippen LogP contribution in [0.5, 0.6) is 0 Å². The van der Waals surface area contributed by atoms with Crippen LogP contribution in [0.25, 0.3) is 0 Å². The fourth-order valence-corrected chi connectivity index (χ4v) is 2.96. The zero-order valence-corrected chi connectivity index (χ0v) is 12.8. The van der Waals surface area contributed by atoms with Crippen molar-refractivity contribution in [1.29, 1.82) is 5.26 Å². The second-order valence-electron chi connectivity index (χ2n) is 5.81. The van der Waals surface area contributed by atoms with Crippen molar-refractivity contribution in [3.8, 4) is 6.07 Å². The SMILES string of the molecule is Cc1ccc(N2CCC(C#N)C(C)(C)C2)cc1Br. The fraction of sp³-hybridized carbons (Fsp3) is 0.533. The minimum atomic E-state index is 0.0599. The summed E-state index contributed by atoms with van der Waals surface area (Å²) in [6.45, 7) is 8.39. The molecule has 18 heavy (non-hydrogen) atoms. The summed E-state index contributed by atoms with van der Waals surface area (Å²) < 4.78 is 1.15. The molecule has 1 aliphatic heterocycles. The van der Waals surface area contributed by atoms with Crippen LogP contribution in [0.2, 0.25) is 0 Å². The van der Waals surface area contributed by atoms with Gasteiger partial charge in [0, 0.05) is 23.2 Å². The minimum Gasteiger partial charge on any atom is -0.371 e. The van der Waals surface area contributed by atoms with Crippen LogP contribution in [0.15, 0.2) is 22.7 Å². The quantitative estimate of drug-likeness (QED) is 0.780. The second kappa shape index (κ2) is 4.93. The summed E-state index contributed by atoms with van der Waals surface area (Å²) >= 11 is 3.59. The van der Waals surface area contributed by atoms with Gasteiger partial charge in [0.25, 0.3) is 0 Å². The molecule has 0 saturated carbocycles. The first-order valence-electron chi connectivity index (χ1n) is 6.35. The predicted molar refractivity (Wildman–Crippen MR) is 78.6 cm³/mol. The van der Waals surface area contributed by atoms with E-state index in [9.17, 15) is 5.26 Å². The number of aryl methyl sites for hydroxylation is 1. The number of anilines is 1. The van der Waals surface area contributed by atoms with Gasteiger partial charge in [0.1, 0.15) is 0 Å². The molecule has 0 bridgehead atoms. The van der Waals surface area contributed by atoms with Gasteiger partial charge in [-0.2, -0.15) is 5.26 Å². The molecule has 0 spiro atoms. The molecule has 0 aromatic heterocycles. The fourth-order valence-electron chi connectivity index (χ4n) is 2.59. The molecule has 1 aromatic rings. The third-order valence-electron chi connectivity index (χ3n) is 3.91. The smallest absolute Gasteiger partial charge is 0.0662 e. The summed E-state index contributed by atoms with van der Waals surface area (Å²) in [7, 11) is 0. The number of nitriles is 1. The zero-order valence-electron chi connectivity index (χ0n) is 11.2. The molecule has 2 rings (SSSR count). The van der Waals surface area contributed by atoms with E-state index < -0.39 is 0 Å². The Morgan fingerprint density at radius 1 is 1.44 bits per heavy atom. The van der Waals surface area contributed by atoms with E-state index in [0.717, 1.165) is 24.0 Å². The molecular weight excluding hydrogens is 288 g/mol. The van der Waals surface area contributed by atoms with Crippen LogP contribution in [-0.2, 0) is 0 Å². The molecular formula is C15H19BrN2. The van der Waals surface area contributed by atoms with Gasteiger partial charge in [-0.25, -0.2) is 0 Å². The summed E-state index contributed by atoms with van der Waals surface area (Å²) in [5.74, 6) is 0.169. The standard InChI is InChI=1S/C15H19BrN2/c1-11-4-5-13(8-14(11)16)18-7-6-12(9-17)15(2,3)10-18/h4-5,8,12H,6-7,10H2,1-3H3. The Morgan fingerprint density at radius 2 is 2.17 bits per heavy atom. The molecule has 2 nitrogen and oxygen atoms in total. The topological polar surface area (TPSA) is 27.0 Å².